The predicted octanol–water partition coefficient (Wildman–Crippen LogP) is 1.07. The number of pyridine rings is 1. The summed E-state index contributed by atoms with van der Waals surface area (Å²) in [5.74, 6) is 1.35. The van der Waals surface area contributed by atoms with Gasteiger partial charge in [0.1, 0.15) is 5.69 Å². The van der Waals surface area contributed by atoms with Crippen LogP contribution in [0.4, 0.5) is 0 Å². The van der Waals surface area contributed by atoms with Gasteiger partial charge in [0, 0.05) is 6.20 Å². The quantitative estimate of drug-likeness (QED) is 0.627. The molecule has 1 aromatic rings. The van der Waals surface area contributed by atoms with Crippen LogP contribution in [0.15, 0.2) is 12.3 Å². The van der Waals surface area contributed by atoms with Crippen LogP contribution in [-0.2, 0) is 0 Å². The minimum absolute atomic E-state index is 0.189. The van der Waals surface area contributed by atoms with E-state index in [0.717, 1.165) is 0 Å². The van der Waals surface area contributed by atoms with E-state index in [2.05, 4.69) is 10.9 Å². The van der Waals surface area contributed by atoms with Crippen LogP contribution in [0.1, 0.15) is 21.6 Å². The first-order chi connectivity index (χ1) is 5.65. The monoisotopic (exact) mass is 161 g/mol. The number of aryl methyl sites for hydroxylation is 1. The normalized spacial score (nSPS) is 9.00. The van der Waals surface area contributed by atoms with Gasteiger partial charge in [-0.1, -0.05) is 5.92 Å². The molecule has 0 saturated carbocycles. The molecule has 0 bridgehead atoms. The predicted molar refractivity (Wildman–Crippen MR) is 43.9 cm³/mol. The van der Waals surface area contributed by atoms with E-state index in [-0.39, 0.29) is 5.56 Å². The Hall–Kier alpha value is -1.82. The Balaban J connectivity index is 3.23. The molecule has 1 heterocycles. The molecule has 0 fully saturated rings. The zero-order valence-electron chi connectivity index (χ0n) is 6.53. The van der Waals surface area contributed by atoms with E-state index in [1.54, 1.807) is 13.0 Å². The summed E-state index contributed by atoms with van der Waals surface area (Å²) in [4.78, 5) is 14.3. The zero-order valence-corrected chi connectivity index (χ0v) is 6.53. The summed E-state index contributed by atoms with van der Waals surface area (Å²) in [5, 5.41) is 8.64. The number of carbonyl (C=O) groups is 1. The van der Waals surface area contributed by atoms with Crippen LogP contribution < -0.4 is 0 Å². The van der Waals surface area contributed by atoms with Crippen molar-refractivity contribution in [1.29, 1.82) is 0 Å². The van der Waals surface area contributed by atoms with Gasteiger partial charge >= 0.3 is 5.97 Å². The van der Waals surface area contributed by atoms with Crippen molar-refractivity contribution in [3.05, 3.63) is 29.1 Å². The number of rotatable bonds is 1. The third-order valence-electron chi connectivity index (χ3n) is 1.49. The molecule has 1 aromatic heterocycles. The van der Waals surface area contributed by atoms with Crippen molar-refractivity contribution in [2.24, 2.45) is 0 Å². The highest BCUT2D eigenvalue weighted by atomic mass is 16.4. The summed E-state index contributed by atoms with van der Waals surface area (Å²) in [6.07, 6.45) is 6.36. The minimum atomic E-state index is -0.983. The topological polar surface area (TPSA) is 50.2 Å². The first kappa shape index (κ1) is 8.28. The molecular weight excluding hydrogens is 154 g/mol. The van der Waals surface area contributed by atoms with Crippen LogP contribution >= 0.6 is 0 Å². The summed E-state index contributed by atoms with van der Waals surface area (Å²) < 4.78 is 0. The summed E-state index contributed by atoms with van der Waals surface area (Å²) >= 11 is 0. The van der Waals surface area contributed by atoms with Gasteiger partial charge in [-0.2, -0.15) is 0 Å². The van der Waals surface area contributed by atoms with Crippen molar-refractivity contribution in [3.8, 4) is 12.3 Å². The number of carboxylic acids is 1. The number of terminal acetylenes is 1. The van der Waals surface area contributed by atoms with Gasteiger partial charge in [-0.25, -0.2) is 9.78 Å². The summed E-state index contributed by atoms with van der Waals surface area (Å²) in [5.41, 5.74) is 1.27. The largest absolute Gasteiger partial charge is 0.478 e. The van der Waals surface area contributed by atoms with E-state index < -0.39 is 5.97 Å². The number of hydrogen-bond acceptors (Lipinski definition) is 2. The highest BCUT2D eigenvalue weighted by molar-refractivity contribution is 5.88. The molecule has 12 heavy (non-hydrogen) atoms. The van der Waals surface area contributed by atoms with Crippen molar-refractivity contribution < 1.29 is 9.90 Å². The zero-order chi connectivity index (χ0) is 9.14. The number of hydrogen-bond donors (Lipinski definition) is 1. The van der Waals surface area contributed by atoms with Gasteiger partial charge in [-0.15, -0.1) is 6.42 Å². The average Bonchev–Trinajstić information content (AvgIpc) is 2.03. The van der Waals surface area contributed by atoms with E-state index in [4.69, 9.17) is 11.5 Å². The van der Waals surface area contributed by atoms with E-state index in [9.17, 15) is 4.79 Å². The van der Waals surface area contributed by atoms with Crippen LogP contribution in [0, 0.1) is 19.3 Å². The van der Waals surface area contributed by atoms with Gasteiger partial charge in [-0.05, 0) is 18.6 Å². The van der Waals surface area contributed by atoms with Crippen molar-refractivity contribution in [2.75, 3.05) is 0 Å². The van der Waals surface area contributed by atoms with Gasteiger partial charge in [0.25, 0.3) is 0 Å². The van der Waals surface area contributed by atoms with Gasteiger partial charge in [0.2, 0.25) is 0 Å². The van der Waals surface area contributed by atoms with Gasteiger partial charge < -0.3 is 5.11 Å². The van der Waals surface area contributed by atoms with E-state index >= 15 is 0 Å². The van der Waals surface area contributed by atoms with Crippen LogP contribution in [0.5, 0.6) is 0 Å². The molecule has 0 aromatic carbocycles. The van der Waals surface area contributed by atoms with Gasteiger partial charge in [0.15, 0.2) is 0 Å². The molecule has 0 atom stereocenters. The fourth-order valence-corrected chi connectivity index (χ4v) is 0.859. The van der Waals surface area contributed by atoms with Crippen molar-refractivity contribution in [2.45, 2.75) is 6.92 Å². The molecule has 0 saturated heterocycles. The lowest BCUT2D eigenvalue weighted by molar-refractivity contribution is 0.0695. The Morgan fingerprint density at radius 1 is 1.75 bits per heavy atom. The third kappa shape index (κ3) is 1.43. The van der Waals surface area contributed by atoms with Crippen molar-refractivity contribution >= 4 is 5.97 Å². The molecule has 3 nitrogen and oxygen atoms in total. The lowest BCUT2D eigenvalue weighted by Gasteiger charge is -1.98. The second-order valence-corrected chi connectivity index (χ2v) is 2.33. The molecule has 0 unspecified atom stereocenters. The maximum atomic E-state index is 10.5. The Bertz CT molecular complexity index is 363. The van der Waals surface area contributed by atoms with E-state index in [1.807, 2.05) is 0 Å². The standard InChI is InChI=1S/C9H7NO2/c1-3-7-4-6(2)8(5-10-7)9(11)12/h1,4-5H,2H3,(H,11,12). The highest BCUT2D eigenvalue weighted by Crippen LogP contribution is 2.06. The molecule has 0 radical (unpaired) electrons. The number of nitrogens with zero attached hydrogens (tertiary/aromatic N) is 1. The fraction of sp³-hybridized carbons (Fsp3) is 0.111. The number of aromatic nitrogens is 1. The molecule has 0 spiro atoms. The molecular formula is C9H7NO2. The van der Waals surface area contributed by atoms with E-state index in [1.165, 1.54) is 6.20 Å². The smallest absolute Gasteiger partial charge is 0.337 e. The fourth-order valence-electron chi connectivity index (χ4n) is 0.859. The van der Waals surface area contributed by atoms with Crippen molar-refractivity contribution in [1.82, 2.24) is 4.98 Å². The molecule has 0 aliphatic carbocycles. The molecule has 0 aliphatic heterocycles. The second kappa shape index (κ2) is 3.05. The molecule has 1 N–H and O–H groups in total. The Morgan fingerprint density at radius 2 is 2.42 bits per heavy atom. The Labute approximate surface area is 70.1 Å². The first-order valence-corrected chi connectivity index (χ1v) is 3.31. The van der Waals surface area contributed by atoms with Crippen LogP contribution in [0.25, 0.3) is 0 Å². The van der Waals surface area contributed by atoms with Crippen LogP contribution in [-0.4, -0.2) is 16.1 Å². The molecule has 1 rings (SSSR count). The van der Waals surface area contributed by atoms with Crippen LogP contribution in [0.2, 0.25) is 0 Å². The summed E-state index contributed by atoms with van der Waals surface area (Å²) in [7, 11) is 0. The second-order valence-electron chi connectivity index (χ2n) is 2.33. The highest BCUT2D eigenvalue weighted by Gasteiger charge is 2.06. The van der Waals surface area contributed by atoms with Crippen molar-refractivity contribution in [3.63, 3.8) is 0 Å². The Kier molecular flexibility index (Phi) is 2.11. The SMILES string of the molecule is C#Cc1cc(C)c(C(=O)O)cn1. The maximum absolute atomic E-state index is 10.5. The number of aromatic carboxylic acids is 1. The van der Waals surface area contributed by atoms with Gasteiger partial charge in [0.05, 0.1) is 5.56 Å². The lowest BCUT2D eigenvalue weighted by atomic mass is 10.1. The minimum Gasteiger partial charge on any atom is -0.478 e. The summed E-state index contributed by atoms with van der Waals surface area (Å²) in [6.45, 7) is 1.69. The number of carboxylic acid groups (broad SMARTS) is 1. The van der Waals surface area contributed by atoms with E-state index in [0.29, 0.717) is 11.3 Å². The van der Waals surface area contributed by atoms with Gasteiger partial charge in [-0.3, -0.25) is 0 Å². The maximum Gasteiger partial charge on any atom is 0.337 e. The molecule has 3 heteroatoms. The molecule has 0 aliphatic rings. The average molecular weight is 161 g/mol. The Morgan fingerprint density at radius 3 is 2.83 bits per heavy atom. The molecule has 60 valence electrons. The molecule has 0 amide bonds. The summed E-state index contributed by atoms with van der Waals surface area (Å²) in [6, 6.07) is 1.57. The third-order valence-corrected chi connectivity index (χ3v) is 1.49. The lowest BCUT2D eigenvalue weighted by Crippen LogP contribution is -2.01. The van der Waals surface area contributed by atoms with Crippen LogP contribution in [0.3, 0.4) is 0 Å². The first-order valence-electron chi connectivity index (χ1n) is 3.31.